The van der Waals surface area contributed by atoms with Crippen LogP contribution < -0.4 is 5.32 Å². The number of aromatic nitrogens is 2. The maximum atomic E-state index is 13.1. The predicted molar refractivity (Wildman–Crippen MR) is 81.7 cm³/mol. The van der Waals surface area contributed by atoms with Crippen LogP contribution in [0.3, 0.4) is 0 Å². The van der Waals surface area contributed by atoms with E-state index in [1.807, 2.05) is 13.0 Å². The molecule has 1 aliphatic rings. The maximum Gasteiger partial charge on any atom is 0.257 e. The topological polar surface area (TPSA) is 54.9 Å². The zero-order valence-electron chi connectivity index (χ0n) is 12.3. The molecule has 23 heavy (non-hydrogen) atoms. The Morgan fingerprint density at radius 2 is 2.22 bits per heavy atom. The lowest BCUT2D eigenvalue weighted by molar-refractivity contribution is 0.0950. The van der Waals surface area contributed by atoms with Gasteiger partial charge in [0.25, 0.3) is 11.8 Å². The summed E-state index contributed by atoms with van der Waals surface area (Å²) >= 11 is 5.99. The quantitative estimate of drug-likeness (QED) is 0.929. The zero-order chi connectivity index (χ0) is 16.6. The molecular weight excluding hydrogens is 324 g/mol. The van der Waals surface area contributed by atoms with Crippen molar-refractivity contribution in [2.24, 2.45) is 0 Å². The summed E-state index contributed by atoms with van der Waals surface area (Å²) in [5.41, 5.74) is 2.30. The van der Waals surface area contributed by atoms with Crippen LogP contribution in [0, 0.1) is 6.92 Å². The van der Waals surface area contributed by atoms with E-state index in [0.29, 0.717) is 6.54 Å². The highest BCUT2D eigenvalue weighted by atomic mass is 35.5. The van der Waals surface area contributed by atoms with Gasteiger partial charge in [-0.15, -0.1) is 0 Å². The third-order valence-electron chi connectivity index (χ3n) is 3.87. The van der Waals surface area contributed by atoms with E-state index in [1.165, 1.54) is 12.3 Å². The molecule has 4 nitrogen and oxygen atoms in total. The number of nitrogens with one attached hydrogen (secondary N) is 1. The van der Waals surface area contributed by atoms with Crippen molar-refractivity contribution >= 4 is 17.5 Å². The molecule has 0 aliphatic heterocycles. The molecule has 2 aromatic heterocycles. The second kappa shape index (κ2) is 5.85. The van der Waals surface area contributed by atoms with E-state index < -0.39 is 11.8 Å². The van der Waals surface area contributed by atoms with Crippen LogP contribution in [0.1, 0.15) is 39.5 Å². The summed E-state index contributed by atoms with van der Waals surface area (Å²) in [7, 11) is 0. The summed E-state index contributed by atoms with van der Waals surface area (Å²) in [6.07, 6.45) is 4.39. The molecule has 1 unspecified atom stereocenters. The van der Waals surface area contributed by atoms with Gasteiger partial charge in [-0.2, -0.15) is 0 Å². The lowest BCUT2D eigenvalue weighted by Crippen LogP contribution is -2.23. The van der Waals surface area contributed by atoms with Crippen LogP contribution in [0.15, 0.2) is 30.7 Å². The van der Waals surface area contributed by atoms with Crippen molar-refractivity contribution in [3.05, 3.63) is 58.1 Å². The summed E-state index contributed by atoms with van der Waals surface area (Å²) in [4.78, 5) is 20.1. The van der Waals surface area contributed by atoms with Crippen molar-refractivity contribution in [2.45, 2.75) is 31.7 Å². The number of pyridine rings is 2. The third-order valence-corrected chi connectivity index (χ3v) is 4.18. The SMILES string of the molecule is Cc1ccncc1CNC(=O)c1cnc(C2CC2(F)F)c(Cl)c1. The second-order valence-corrected chi connectivity index (χ2v) is 6.00. The molecule has 7 heteroatoms. The Morgan fingerprint density at radius 3 is 2.83 bits per heavy atom. The highest BCUT2D eigenvalue weighted by molar-refractivity contribution is 6.31. The average molecular weight is 338 g/mol. The predicted octanol–water partition coefficient (Wildman–Crippen LogP) is 3.49. The Hall–Kier alpha value is -2.08. The first kappa shape index (κ1) is 15.8. The van der Waals surface area contributed by atoms with E-state index >= 15 is 0 Å². The van der Waals surface area contributed by atoms with Crippen LogP contribution in [0.4, 0.5) is 8.78 Å². The first-order valence-corrected chi connectivity index (χ1v) is 7.47. The highest BCUT2D eigenvalue weighted by Gasteiger charge is 2.59. The highest BCUT2D eigenvalue weighted by Crippen LogP contribution is 2.56. The normalized spacial score (nSPS) is 18.5. The third kappa shape index (κ3) is 3.32. The molecule has 1 saturated carbocycles. The number of amides is 1. The molecule has 0 spiro atoms. The van der Waals surface area contributed by atoms with Crippen molar-refractivity contribution < 1.29 is 13.6 Å². The number of aryl methyl sites for hydroxylation is 1. The average Bonchev–Trinajstić information content (AvgIpc) is 3.14. The standard InChI is InChI=1S/C16H14ClF2N3O/c1-9-2-3-20-6-11(9)8-22-15(23)10-4-13(17)14(21-7-10)12-5-16(12,18)19/h2-4,6-7,12H,5,8H2,1H3,(H,22,23). The summed E-state index contributed by atoms with van der Waals surface area (Å²) in [6, 6.07) is 3.23. The fourth-order valence-corrected chi connectivity index (χ4v) is 2.60. The Balaban J connectivity index is 1.68. The number of alkyl halides is 2. The molecule has 2 aromatic rings. The molecule has 0 aromatic carbocycles. The summed E-state index contributed by atoms with van der Waals surface area (Å²) < 4.78 is 26.2. The van der Waals surface area contributed by atoms with Gasteiger partial charge in [-0.25, -0.2) is 8.78 Å². The van der Waals surface area contributed by atoms with Gasteiger partial charge in [0.05, 0.1) is 22.2 Å². The van der Waals surface area contributed by atoms with Crippen molar-refractivity contribution in [1.29, 1.82) is 0 Å². The first-order chi connectivity index (χ1) is 10.9. The molecule has 3 rings (SSSR count). The summed E-state index contributed by atoms with van der Waals surface area (Å²) in [5.74, 6) is -4.04. The van der Waals surface area contributed by atoms with Crippen LogP contribution in [0.2, 0.25) is 5.02 Å². The van der Waals surface area contributed by atoms with E-state index in [2.05, 4.69) is 15.3 Å². The van der Waals surface area contributed by atoms with Crippen LogP contribution in [-0.4, -0.2) is 21.8 Å². The molecule has 1 aliphatic carbocycles. The Morgan fingerprint density at radius 1 is 1.48 bits per heavy atom. The van der Waals surface area contributed by atoms with Crippen LogP contribution in [0.25, 0.3) is 0 Å². The van der Waals surface area contributed by atoms with Gasteiger partial charge in [0.15, 0.2) is 0 Å². The molecule has 2 heterocycles. The lowest BCUT2D eigenvalue weighted by atomic mass is 10.1. The fraction of sp³-hybridized carbons (Fsp3) is 0.312. The van der Waals surface area contributed by atoms with Crippen molar-refractivity contribution in [1.82, 2.24) is 15.3 Å². The van der Waals surface area contributed by atoms with Gasteiger partial charge in [-0.3, -0.25) is 14.8 Å². The van der Waals surface area contributed by atoms with Gasteiger partial charge in [0, 0.05) is 31.6 Å². The summed E-state index contributed by atoms with van der Waals surface area (Å²) in [5, 5.41) is 2.83. The van der Waals surface area contributed by atoms with Gasteiger partial charge >= 0.3 is 0 Å². The van der Waals surface area contributed by atoms with Crippen LogP contribution in [0.5, 0.6) is 0 Å². The number of nitrogens with zero attached hydrogens (tertiary/aromatic N) is 2. The molecule has 0 saturated heterocycles. The number of carbonyl (C=O) groups excluding carboxylic acids is 1. The van der Waals surface area contributed by atoms with Crippen molar-refractivity contribution in [2.75, 3.05) is 0 Å². The maximum absolute atomic E-state index is 13.1. The molecule has 0 bridgehead atoms. The number of hydrogen-bond donors (Lipinski definition) is 1. The largest absolute Gasteiger partial charge is 0.348 e. The van der Waals surface area contributed by atoms with E-state index in [1.54, 1.807) is 12.4 Å². The van der Waals surface area contributed by atoms with E-state index in [-0.39, 0.29) is 28.6 Å². The lowest BCUT2D eigenvalue weighted by Gasteiger charge is -2.09. The van der Waals surface area contributed by atoms with Crippen LogP contribution >= 0.6 is 11.6 Å². The monoisotopic (exact) mass is 337 g/mol. The van der Waals surface area contributed by atoms with Crippen LogP contribution in [-0.2, 0) is 6.54 Å². The van der Waals surface area contributed by atoms with Crippen molar-refractivity contribution in [3.8, 4) is 0 Å². The number of rotatable bonds is 4. The van der Waals surface area contributed by atoms with Crippen molar-refractivity contribution in [3.63, 3.8) is 0 Å². The fourth-order valence-electron chi connectivity index (χ4n) is 2.30. The minimum atomic E-state index is -2.74. The van der Waals surface area contributed by atoms with Gasteiger partial charge in [-0.1, -0.05) is 11.6 Å². The van der Waals surface area contributed by atoms with E-state index in [9.17, 15) is 13.6 Å². The second-order valence-electron chi connectivity index (χ2n) is 5.59. The van der Waals surface area contributed by atoms with E-state index in [0.717, 1.165) is 11.1 Å². The summed E-state index contributed by atoms with van der Waals surface area (Å²) in [6.45, 7) is 2.24. The van der Waals surface area contributed by atoms with Gasteiger partial charge in [0.1, 0.15) is 0 Å². The Labute approximate surface area is 136 Å². The molecule has 1 amide bonds. The van der Waals surface area contributed by atoms with Gasteiger partial charge < -0.3 is 5.32 Å². The Bertz CT molecular complexity index is 767. The minimum Gasteiger partial charge on any atom is -0.348 e. The number of halogens is 3. The Kier molecular flexibility index (Phi) is 4.02. The first-order valence-electron chi connectivity index (χ1n) is 7.09. The zero-order valence-corrected chi connectivity index (χ0v) is 13.1. The van der Waals surface area contributed by atoms with Gasteiger partial charge in [0.2, 0.25) is 0 Å². The molecule has 0 radical (unpaired) electrons. The smallest absolute Gasteiger partial charge is 0.257 e. The van der Waals surface area contributed by atoms with Gasteiger partial charge in [-0.05, 0) is 30.2 Å². The number of hydrogen-bond acceptors (Lipinski definition) is 3. The molecule has 1 N–H and O–H groups in total. The van der Waals surface area contributed by atoms with E-state index in [4.69, 9.17) is 11.6 Å². The molecule has 1 atom stereocenters. The molecular formula is C16H14ClF2N3O. The number of carbonyl (C=O) groups is 1. The molecule has 120 valence electrons. The minimum absolute atomic E-state index is 0.0948. The molecule has 1 fully saturated rings.